The van der Waals surface area contributed by atoms with Gasteiger partial charge < -0.3 is 4.74 Å². The van der Waals surface area contributed by atoms with Gasteiger partial charge in [0.25, 0.3) is 0 Å². The Hall–Kier alpha value is -0.170. The molecule has 0 amide bonds. The molecule has 3 nitrogen and oxygen atoms in total. The number of halogens is 3. The average Bonchev–Trinajstić information content (AvgIpc) is 2.04. The van der Waals surface area contributed by atoms with Crippen LogP contribution < -0.4 is 0 Å². The number of nitriles is 1. The van der Waals surface area contributed by atoms with Crippen molar-refractivity contribution in [3.63, 3.8) is 0 Å². The molecule has 0 saturated heterocycles. The van der Waals surface area contributed by atoms with Crippen LogP contribution in [0.5, 0.6) is 0 Å². The van der Waals surface area contributed by atoms with Crippen LogP contribution in [0, 0.1) is 11.3 Å². The summed E-state index contributed by atoms with van der Waals surface area (Å²) in [5, 5.41) is 7.46. The second-order valence-corrected chi connectivity index (χ2v) is 4.24. The minimum absolute atomic E-state index is 0.160. The summed E-state index contributed by atoms with van der Waals surface area (Å²) in [6, 6.07) is 1.71. The standard InChI is InChI=1S/C7H8Cl3NO2/c1-2-13-6(12)7(9,10)3-5(8)4-11/h5H,2-3H2,1H3. The molecule has 0 saturated carbocycles. The molecule has 0 aromatic carbocycles. The van der Waals surface area contributed by atoms with Crippen molar-refractivity contribution in [1.82, 2.24) is 0 Å². The number of carbonyl (C=O) groups is 1. The van der Waals surface area contributed by atoms with Crippen molar-refractivity contribution >= 4 is 40.8 Å². The second-order valence-electron chi connectivity index (χ2n) is 2.23. The summed E-state index contributed by atoms with van der Waals surface area (Å²) in [5.74, 6) is -0.778. The minimum atomic E-state index is -1.74. The van der Waals surface area contributed by atoms with Gasteiger partial charge in [0.05, 0.1) is 12.7 Å². The van der Waals surface area contributed by atoms with Crippen LogP contribution in [0.15, 0.2) is 0 Å². The fourth-order valence-corrected chi connectivity index (χ4v) is 1.40. The molecule has 0 aliphatic rings. The molecular formula is C7H8Cl3NO2. The monoisotopic (exact) mass is 243 g/mol. The van der Waals surface area contributed by atoms with Gasteiger partial charge in [-0.25, -0.2) is 4.79 Å². The van der Waals surface area contributed by atoms with Crippen molar-refractivity contribution in [2.24, 2.45) is 0 Å². The van der Waals surface area contributed by atoms with E-state index in [-0.39, 0.29) is 13.0 Å². The van der Waals surface area contributed by atoms with Gasteiger partial charge in [0.2, 0.25) is 4.33 Å². The first kappa shape index (κ1) is 12.8. The van der Waals surface area contributed by atoms with Gasteiger partial charge in [-0.05, 0) is 6.92 Å². The second kappa shape index (κ2) is 5.54. The van der Waals surface area contributed by atoms with Crippen LogP contribution in [0.1, 0.15) is 13.3 Å². The number of ether oxygens (including phenoxy) is 1. The van der Waals surface area contributed by atoms with Crippen molar-refractivity contribution in [2.75, 3.05) is 6.61 Å². The molecule has 74 valence electrons. The summed E-state index contributed by atoms with van der Waals surface area (Å²) in [4.78, 5) is 11.1. The lowest BCUT2D eigenvalue weighted by atomic mass is 10.2. The van der Waals surface area contributed by atoms with Crippen molar-refractivity contribution in [2.45, 2.75) is 23.1 Å². The Kier molecular flexibility index (Phi) is 5.46. The molecule has 0 aliphatic carbocycles. The number of alkyl halides is 3. The third-order valence-corrected chi connectivity index (χ3v) is 2.02. The van der Waals surface area contributed by atoms with E-state index in [4.69, 9.17) is 40.1 Å². The van der Waals surface area contributed by atoms with E-state index in [1.54, 1.807) is 13.0 Å². The smallest absolute Gasteiger partial charge is 0.342 e. The van der Waals surface area contributed by atoms with Gasteiger partial charge in [-0.2, -0.15) is 5.26 Å². The average molecular weight is 245 g/mol. The summed E-state index contributed by atoms with van der Waals surface area (Å²) < 4.78 is 2.84. The zero-order chi connectivity index (χ0) is 10.5. The van der Waals surface area contributed by atoms with Crippen LogP contribution in [0.4, 0.5) is 0 Å². The van der Waals surface area contributed by atoms with E-state index in [2.05, 4.69) is 4.74 Å². The van der Waals surface area contributed by atoms with Crippen LogP contribution in [-0.2, 0) is 9.53 Å². The largest absolute Gasteiger partial charge is 0.464 e. The van der Waals surface area contributed by atoms with E-state index in [1.165, 1.54) is 0 Å². The highest BCUT2D eigenvalue weighted by Gasteiger charge is 2.37. The molecular weight excluding hydrogens is 236 g/mol. The summed E-state index contributed by atoms with van der Waals surface area (Å²) in [5.41, 5.74) is 0. The number of hydrogen-bond acceptors (Lipinski definition) is 3. The van der Waals surface area contributed by atoms with E-state index in [1.807, 2.05) is 0 Å². The predicted octanol–water partition coefficient (Wildman–Crippen LogP) is 2.24. The first-order valence-electron chi connectivity index (χ1n) is 3.52. The SMILES string of the molecule is CCOC(=O)C(Cl)(Cl)CC(Cl)C#N. The Morgan fingerprint density at radius 2 is 2.23 bits per heavy atom. The topological polar surface area (TPSA) is 50.1 Å². The number of esters is 1. The Labute approximate surface area is 91.5 Å². The summed E-state index contributed by atoms with van der Waals surface area (Å²) >= 11 is 16.6. The zero-order valence-corrected chi connectivity index (χ0v) is 9.16. The van der Waals surface area contributed by atoms with Crippen molar-refractivity contribution < 1.29 is 9.53 Å². The Bertz CT molecular complexity index is 224. The van der Waals surface area contributed by atoms with Crippen LogP contribution >= 0.6 is 34.8 Å². The van der Waals surface area contributed by atoms with Crippen LogP contribution in [0.2, 0.25) is 0 Å². The molecule has 0 rings (SSSR count). The lowest BCUT2D eigenvalue weighted by Crippen LogP contribution is -2.31. The number of rotatable bonds is 4. The summed E-state index contributed by atoms with van der Waals surface area (Å²) in [6.07, 6.45) is -0.160. The van der Waals surface area contributed by atoms with E-state index < -0.39 is 15.7 Å². The zero-order valence-electron chi connectivity index (χ0n) is 6.89. The lowest BCUT2D eigenvalue weighted by molar-refractivity contribution is -0.144. The highest BCUT2D eigenvalue weighted by Crippen LogP contribution is 2.30. The van der Waals surface area contributed by atoms with Crippen LogP contribution in [0.3, 0.4) is 0 Å². The molecule has 0 aromatic heterocycles. The molecule has 0 spiro atoms. The van der Waals surface area contributed by atoms with E-state index in [9.17, 15) is 4.79 Å². The normalized spacial score (nSPS) is 13.2. The molecule has 13 heavy (non-hydrogen) atoms. The molecule has 0 aromatic rings. The Morgan fingerprint density at radius 1 is 1.69 bits per heavy atom. The van der Waals surface area contributed by atoms with Crippen molar-refractivity contribution in [1.29, 1.82) is 5.26 Å². The van der Waals surface area contributed by atoms with E-state index >= 15 is 0 Å². The first-order chi connectivity index (χ1) is 5.94. The molecule has 0 N–H and O–H groups in total. The number of nitrogens with zero attached hydrogens (tertiary/aromatic N) is 1. The molecule has 0 fully saturated rings. The molecule has 1 unspecified atom stereocenters. The summed E-state index contributed by atoms with van der Waals surface area (Å²) in [7, 11) is 0. The van der Waals surface area contributed by atoms with Gasteiger partial charge in [0.1, 0.15) is 5.38 Å². The van der Waals surface area contributed by atoms with E-state index in [0.717, 1.165) is 0 Å². The number of carbonyl (C=O) groups excluding carboxylic acids is 1. The van der Waals surface area contributed by atoms with Gasteiger partial charge in [0.15, 0.2) is 0 Å². The molecule has 6 heteroatoms. The van der Waals surface area contributed by atoms with Crippen LogP contribution in [-0.4, -0.2) is 22.3 Å². The van der Waals surface area contributed by atoms with Crippen molar-refractivity contribution in [3.05, 3.63) is 0 Å². The van der Waals surface area contributed by atoms with Crippen molar-refractivity contribution in [3.8, 4) is 6.07 Å². The van der Waals surface area contributed by atoms with Gasteiger partial charge in [-0.1, -0.05) is 23.2 Å². The number of hydrogen-bond donors (Lipinski definition) is 0. The Balaban J connectivity index is 4.23. The predicted molar refractivity (Wildman–Crippen MR) is 50.9 cm³/mol. The highest BCUT2D eigenvalue weighted by atomic mass is 35.5. The maximum atomic E-state index is 11.1. The van der Waals surface area contributed by atoms with Gasteiger partial charge in [-0.15, -0.1) is 11.6 Å². The lowest BCUT2D eigenvalue weighted by Gasteiger charge is -2.17. The maximum Gasteiger partial charge on any atom is 0.342 e. The van der Waals surface area contributed by atoms with Crippen LogP contribution in [0.25, 0.3) is 0 Å². The molecule has 1 atom stereocenters. The maximum absolute atomic E-state index is 11.1. The third kappa shape index (κ3) is 4.56. The van der Waals surface area contributed by atoms with Gasteiger partial charge in [0, 0.05) is 6.42 Å². The quantitative estimate of drug-likeness (QED) is 0.563. The highest BCUT2D eigenvalue weighted by molar-refractivity contribution is 6.57. The molecule has 0 aliphatic heterocycles. The molecule has 0 heterocycles. The first-order valence-corrected chi connectivity index (χ1v) is 4.72. The summed E-state index contributed by atoms with van der Waals surface area (Å²) in [6.45, 7) is 1.81. The fourth-order valence-electron chi connectivity index (χ4n) is 0.591. The minimum Gasteiger partial charge on any atom is -0.464 e. The Morgan fingerprint density at radius 3 is 2.62 bits per heavy atom. The van der Waals surface area contributed by atoms with E-state index in [0.29, 0.717) is 0 Å². The van der Waals surface area contributed by atoms with Gasteiger partial charge in [-0.3, -0.25) is 0 Å². The fraction of sp³-hybridized carbons (Fsp3) is 0.714. The molecule has 0 radical (unpaired) electrons. The third-order valence-electron chi connectivity index (χ3n) is 1.15. The van der Waals surface area contributed by atoms with Gasteiger partial charge >= 0.3 is 5.97 Å². The molecule has 0 bridgehead atoms.